The standard InChI is InChI=1S/C24H29N3O4/c1-30-20-9-7-19(8-10-20)26-13-11-18(12-14-26)25-24(29)17-15-23(28)27(16-17)21-5-3-4-6-22(21)31-2/h3-10,17-18H,11-16H2,1-2H3,(H,25,29). The van der Waals surface area contributed by atoms with Crippen LogP contribution in [-0.4, -0.2) is 51.7 Å². The zero-order valence-electron chi connectivity index (χ0n) is 18.0. The van der Waals surface area contributed by atoms with Gasteiger partial charge in [0.2, 0.25) is 11.8 Å². The predicted molar refractivity (Wildman–Crippen MR) is 120 cm³/mol. The molecule has 2 amide bonds. The summed E-state index contributed by atoms with van der Waals surface area (Å²) in [5.74, 6) is 1.08. The van der Waals surface area contributed by atoms with E-state index in [1.54, 1.807) is 19.1 Å². The van der Waals surface area contributed by atoms with E-state index in [1.165, 1.54) is 5.69 Å². The van der Waals surface area contributed by atoms with Crippen molar-refractivity contribution in [3.8, 4) is 11.5 Å². The second kappa shape index (κ2) is 9.29. The van der Waals surface area contributed by atoms with Crippen molar-refractivity contribution in [3.63, 3.8) is 0 Å². The van der Waals surface area contributed by atoms with Crippen LogP contribution in [0.2, 0.25) is 0 Å². The molecule has 2 saturated heterocycles. The molecule has 0 bridgehead atoms. The Hall–Kier alpha value is -3.22. The number of ether oxygens (including phenoxy) is 2. The largest absolute Gasteiger partial charge is 0.497 e. The van der Waals surface area contributed by atoms with Gasteiger partial charge in [-0.15, -0.1) is 0 Å². The van der Waals surface area contributed by atoms with Crippen LogP contribution in [0.3, 0.4) is 0 Å². The van der Waals surface area contributed by atoms with Crippen molar-refractivity contribution in [2.24, 2.45) is 5.92 Å². The summed E-state index contributed by atoms with van der Waals surface area (Å²) in [6, 6.07) is 15.6. The molecule has 2 aliphatic heterocycles. The summed E-state index contributed by atoms with van der Waals surface area (Å²) >= 11 is 0. The summed E-state index contributed by atoms with van der Waals surface area (Å²) in [6.07, 6.45) is 2.00. The van der Waals surface area contributed by atoms with Crippen molar-refractivity contribution in [1.82, 2.24) is 5.32 Å². The average molecular weight is 424 g/mol. The Balaban J connectivity index is 1.30. The first kappa shape index (κ1) is 21.0. The molecule has 2 aromatic rings. The fourth-order valence-electron chi connectivity index (χ4n) is 4.36. The van der Waals surface area contributed by atoms with Gasteiger partial charge in [0.25, 0.3) is 0 Å². The number of hydrogen-bond donors (Lipinski definition) is 1. The molecule has 1 atom stereocenters. The fourth-order valence-corrected chi connectivity index (χ4v) is 4.36. The van der Waals surface area contributed by atoms with Gasteiger partial charge in [-0.1, -0.05) is 12.1 Å². The Labute approximate surface area is 182 Å². The molecule has 2 heterocycles. The van der Waals surface area contributed by atoms with E-state index in [4.69, 9.17) is 9.47 Å². The topological polar surface area (TPSA) is 71.1 Å². The lowest BCUT2D eigenvalue weighted by molar-refractivity contribution is -0.127. The Kier molecular flexibility index (Phi) is 6.30. The highest BCUT2D eigenvalue weighted by Crippen LogP contribution is 2.33. The number of carbonyl (C=O) groups is 2. The molecule has 2 aliphatic rings. The molecule has 0 aliphatic carbocycles. The van der Waals surface area contributed by atoms with Gasteiger partial charge in [0, 0.05) is 37.8 Å². The predicted octanol–water partition coefficient (Wildman–Crippen LogP) is 2.84. The molecule has 7 heteroatoms. The zero-order valence-corrected chi connectivity index (χ0v) is 18.0. The summed E-state index contributed by atoms with van der Waals surface area (Å²) in [7, 11) is 3.25. The Morgan fingerprint density at radius 2 is 1.71 bits per heavy atom. The lowest BCUT2D eigenvalue weighted by Crippen LogP contribution is -2.46. The summed E-state index contributed by atoms with van der Waals surface area (Å²) in [5, 5.41) is 3.18. The van der Waals surface area contributed by atoms with Crippen LogP contribution >= 0.6 is 0 Å². The highest BCUT2D eigenvalue weighted by molar-refractivity contribution is 6.01. The minimum atomic E-state index is -0.336. The number of benzene rings is 2. The van der Waals surface area contributed by atoms with Crippen molar-refractivity contribution in [2.45, 2.75) is 25.3 Å². The van der Waals surface area contributed by atoms with Gasteiger partial charge < -0.3 is 24.6 Å². The summed E-state index contributed by atoms with van der Waals surface area (Å²) in [6.45, 7) is 2.15. The molecule has 2 aromatic carbocycles. The number of hydrogen-bond acceptors (Lipinski definition) is 5. The van der Waals surface area contributed by atoms with Gasteiger partial charge in [-0.05, 0) is 49.2 Å². The summed E-state index contributed by atoms with van der Waals surface area (Å²) in [5.41, 5.74) is 1.89. The molecule has 2 fully saturated rings. The molecule has 0 spiro atoms. The van der Waals surface area contributed by atoms with E-state index < -0.39 is 0 Å². The lowest BCUT2D eigenvalue weighted by atomic mass is 10.0. The highest BCUT2D eigenvalue weighted by atomic mass is 16.5. The first-order valence-corrected chi connectivity index (χ1v) is 10.7. The van der Waals surface area contributed by atoms with E-state index in [2.05, 4.69) is 22.3 Å². The number of anilines is 2. The molecule has 31 heavy (non-hydrogen) atoms. The number of piperidine rings is 1. The maximum absolute atomic E-state index is 12.9. The molecular weight excluding hydrogens is 394 g/mol. The molecular formula is C24H29N3O4. The minimum absolute atomic E-state index is 0.0337. The van der Waals surface area contributed by atoms with Crippen molar-refractivity contribution in [2.75, 3.05) is 43.7 Å². The number of para-hydroxylation sites is 2. The Morgan fingerprint density at radius 1 is 1.00 bits per heavy atom. The molecule has 0 saturated carbocycles. The highest BCUT2D eigenvalue weighted by Gasteiger charge is 2.37. The van der Waals surface area contributed by atoms with E-state index in [0.29, 0.717) is 12.3 Å². The smallest absolute Gasteiger partial charge is 0.227 e. The lowest BCUT2D eigenvalue weighted by Gasteiger charge is -2.34. The fraction of sp³-hybridized carbons (Fsp3) is 0.417. The molecule has 4 rings (SSSR count). The Morgan fingerprint density at radius 3 is 2.39 bits per heavy atom. The van der Waals surface area contributed by atoms with Gasteiger partial charge in [-0.2, -0.15) is 0 Å². The summed E-state index contributed by atoms with van der Waals surface area (Å²) in [4.78, 5) is 29.4. The van der Waals surface area contributed by atoms with Crippen molar-refractivity contribution in [3.05, 3.63) is 48.5 Å². The Bertz CT molecular complexity index is 923. The van der Waals surface area contributed by atoms with E-state index in [-0.39, 0.29) is 30.2 Å². The zero-order chi connectivity index (χ0) is 21.8. The van der Waals surface area contributed by atoms with E-state index >= 15 is 0 Å². The van der Waals surface area contributed by atoms with Crippen LogP contribution < -0.4 is 24.6 Å². The van der Waals surface area contributed by atoms with Crippen LogP contribution in [0, 0.1) is 5.92 Å². The third-order valence-corrected chi connectivity index (χ3v) is 6.15. The number of nitrogens with zero attached hydrogens (tertiary/aromatic N) is 2. The van der Waals surface area contributed by atoms with Crippen LogP contribution in [0.15, 0.2) is 48.5 Å². The van der Waals surface area contributed by atoms with Crippen LogP contribution in [0.25, 0.3) is 0 Å². The average Bonchev–Trinajstić information content (AvgIpc) is 3.21. The van der Waals surface area contributed by atoms with Gasteiger partial charge in [0.1, 0.15) is 11.5 Å². The number of nitrogens with one attached hydrogen (secondary N) is 1. The molecule has 1 unspecified atom stereocenters. The third kappa shape index (κ3) is 4.60. The van der Waals surface area contributed by atoms with Crippen molar-refractivity contribution in [1.29, 1.82) is 0 Å². The second-order valence-electron chi connectivity index (χ2n) is 8.05. The van der Waals surface area contributed by atoms with Crippen LogP contribution in [0.5, 0.6) is 11.5 Å². The SMILES string of the molecule is COc1ccc(N2CCC(NC(=O)C3CC(=O)N(c4ccccc4OC)C3)CC2)cc1. The van der Waals surface area contributed by atoms with E-state index in [0.717, 1.165) is 37.4 Å². The third-order valence-electron chi connectivity index (χ3n) is 6.15. The molecule has 7 nitrogen and oxygen atoms in total. The van der Waals surface area contributed by atoms with Crippen molar-refractivity contribution >= 4 is 23.2 Å². The van der Waals surface area contributed by atoms with Crippen LogP contribution in [0.4, 0.5) is 11.4 Å². The van der Waals surface area contributed by atoms with E-state index in [9.17, 15) is 9.59 Å². The van der Waals surface area contributed by atoms with Gasteiger partial charge in [-0.3, -0.25) is 9.59 Å². The normalized spacial score (nSPS) is 19.4. The number of methoxy groups -OCH3 is 2. The quantitative estimate of drug-likeness (QED) is 0.774. The first-order chi connectivity index (χ1) is 15.1. The maximum Gasteiger partial charge on any atom is 0.227 e. The van der Waals surface area contributed by atoms with E-state index in [1.807, 2.05) is 36.4 Å². The van der Waals surface area contributed by atoms with Crippen LogP contribution in [0.1, 0.15) is 19.3 Å². The summed E-state index contributed by atoms with van der Waals surface area (Å²) < 4.78 is 10.6. The van der Waals surface area contributed by atoms with Crippen LogP contribution in [-0.2, 0) is 9.59 Å². The van der Waals surface area contributed by atoms with Gasteiger partial charge in [0.15, 0.2) is 0 Å². The first-order valence-electron chi connectivity index (χ1n) is 10.7. The minimum Gasteiger partial charge on any atom is -0.497 e. The monoisotopic (exact) mass is 423 g/mol. The molecule has 0 aromatic heterocycles. The molecule has 1 N–H and O–H groups in total. The molecule has 0 radical (unpaired) electrons. The maximum atomic E-state index is 12.9. The number of rotatable bonds is 6. The second-order valence-corrected chi connectivity index (χ2v) is 8.05. The van der Waals surface area contributed by atoms with Crippen molar-refractivity contribution < 1.29 is 19.1 Å². The number of carbonyl (C=O) groups excluding carboxylic acids is 2. The van der Waals surface area contributed by atoms with Gasteiger partial charge >= 0.3 is 0 Å². The molecule has 164 valence electrons. The van der Waals surface area contributed by atoms with Gasteiger partial charge in [0.05, 0.1) is 25.8 Å². The van der Waals surface area contributed by atoms with Gasteiger partial charge in [-0.25, -0.2) is 0 Å². The number of amides is 2.